The van der Waals surface area contributed by atoms with Crippen LogP contribution in [-0.4, -0.2) is 28.8 Å². The topological polar surface area (TPSA) is 59.9 Å². The molecule has 0 aliphatic carbocycles. The number of rotatable bonds is 4. The predicted molar refractivity (Wildman–Crippen MR) is 66.0 cm³/mol. The van der Waals surface area contributed by atoms with E-state index in [9.17, 15) is 0 Å². The van der Waals surface area contributed by atoms with Gasteiger partial charge in [-0.1, -0.05) is 0 Å². The molecule has 0 saturated carbocycles. The number of hydrogen-bond acceptors (Lipinski definition) is 5. The summed E-state index contributed by atoms with van der Waals surface area (Å²) in [5.74, 6) is 1.32. The van der Waals surface area contributed by atoms with Crippen LogP contribution < -0.4 is 10.1 Å². The fraction of sp³-hybridized carbons (Fsp3) is 0.250. The van der Waals surface area contributed by atoms with Gasteiger partial charge in [-0.25, -0.2) is 4.98 Å². The van der Waals surface area contributed by atoms with E-state index in [4.69, 9.17) is 4.74 Å². The molecule has 0 radical (unpaired) electrons. The van der Waals surface area contributed by atoms with Gasteiger partial charge in [0.15, 0.2) is 0 Å². The van der Waals surface area contributed by atoms with Gasteiger partial charge in [-0.2, -0.15) is 0 Å². The zero-order valence-electron chi connectivity index (χ0n) is 9.84. The van der Waals surface area contributed by atoms with Crippen LogP contribution in [0.5, 0.6) is 5.88 Å². The molecule has 0 spiro atoms. The molecule has 0 atom stereocenters. The monoisotopic (exact) mass is 230 g/mol. The fourth-order valence-corrected chi connectivity index (χ4v) is 1.45. The number of aromatic nitrogens is 3. The highest BCUT2D eigenvalue weighted by Crippen LogP contribution is 2.25. The van der Waals surface area contributed by atoms with Crippen molar-refractivity contribution < 1.29 is 4.74 Å². The smallest absolute Gasteiger partial charge is 0.222 e. The molecule has 1 N–H and O–H groups in total. The average Bonchev–Trinajstić information content (AvgIpc) is 2.40. The molecular weight excluding hydrogens is 216 g/mol. The highest BCUT2D eigenvalue weighted by molar-refractivity contribution is 5.64. The summed E-state index contributed by atoms with van der Waals surface area (Å²) < 4.78 is 5.45. The van der Waals surface area contributed by atoms with Crippen molar-refractivity contribution in [1.82, 2.24) is 15.2 Å². The molecule has 88 valence electrons. The van der Waals surface area contributed by atoms with Gasteiger partial charge in [-0.3, -0.25) is 0 Å². The Morgan fingerprint density at radius 1 is 1.24 bits per heavy atom. The molecular formula is C12H14N4O. The Morgan fingerprint density at radius 2 is 2.12 bits per heavy atom. The molecule has 17 heavy (non-hydrogen) atoms. The Balaban J connectivity index is 2.37. The van der Waals surface area contributed by atoms with Crippen molar-refractivity contribution in [3.63, 3.8) is 0 Å². The van der Waals surface area contributed by atoms with Crippen LogP contribution in [0.1, 0.15) is 6.92 Å². The Kier molecular flexibility index (Phi) is 3.49. The van der Waals surface area contributed by atoms with Gasteiger partial charge in [0.25, 0.3) is 0 Å². The third-order valence-electron chi connectivity index (χ3n) is 2.25. The molecule has 0 unspecified atom stereocenters. The van der Waals surface area contributed by atoms with E-state index in [0.717, 1.165) is 17.1 Å². The van der Waals surface area contributed by atoms with Crippen LogP contribution in [0.4, 0.5) is 5.82 Å². The van der Waals surface area contributed by atoms with Crippen molar-refractivity contribution >= 4 is 5.82 Å². The summed E-state index contributed by atoms with van der Waals surface area (Å²) in [6.07, 6.45) is 1.70. The summed E-state index contributed by atoms with van der Waals surface area (Å²) in [4.78, 5) is 4.18. The molecule has 5 heteroatoms. The van der Waals surface area contributed by atoms with Gasteiger partial charge < -0.3 is 10.1 Å². The maximum absolute atomic E-state index is 5.45. The fourth-order valence-electron chi connectivity index (χ4n) is 1.45. The summed E-state index contributed by atoms with van der Waals surface area (Å²) >= 11 is 0. The second kappa shape index (κ2) is 5.25. The third kappa shape index (κ3) is 2.50. The normalized spacial score (nSPS) is 10.0. The summed E-state index contributed by atoms with van der Waals surface area (Å²) in [5.41, 5.74) is 1.60. The SMILES string of the molecule is CCOc1ncccc1-c1ccc(NC)nn1. The van der Waals surface area contributed by atoms with Crippen molar-refractivity contribution in [1.29, 1.82) is 0 Å². The first kappa shape index (κ1) is 11.3. The lowest BCUT2D eigenvalue weighted by molar-refractivity contribution is 0.328. The van der Waals surface area contributed by atoms with Gasteiger partial charge in [0.05, 0.1) is 17.9 Å². The van der Waals surface area contributed by atoms with E-state index in [-0.39, 0.29) is 0 Å². The van der Waals surface area contributed by atoms with Crippen LogP contribution in [0.25, 0.3) is 11.3 Å². The molecule has 0 bridgehead atoms. The van der Waals surface area contributed by atoms with Gasteiger partial charge >= 0.3 is 0 Å². The molecule has 0 amide bonds. The minimum absolute atomic E-state index is 0.575. The molecule has 2 aromatic heterocycles. The van der Waals surface area contributed by atoms with E-state index in [1.54, 1.807) is 13.2 Å². The standard InChI is InChI=1S/C12H14N4O/c1-3-17-12-9(5-4-8-14-12)10-6-7-11(13-2)16-15-10/h4-8H,3H2,1-2H3,(H,13,16). The maximum Gasteiger partial charge on any atom is 0.222 e. The van der Waals surface area contributed by atoms with E-state index in [0.29, 0.717) is 12.5 Å². The van der Waals surface area contributed by atoms with Crippen molar-refractivity contribution in [2.45, 2.75) is 6.92 Å². The van der Waals surface area contributed by atoms with Crippen LogP contribution in [0.15, 0.2) is 30.5 Å². The second-order valence-electron chi connectivity index (χ2n) is 3.34. The second-order valence-corrected chi connectivity index (χ2v) is 3.34. The number of nitrogens with one attached hydrogen (secondary N) is 1. The maximum atomic E-state index is 5.45. The van der Waals surface area contributed by atoms with Crippen LogP contribution in [0.2, 0.25) is 0 Å². The first-order chi connectivity index (χ1) is 8.35. The van der Waals surface area contributed by atoms with E-state index >= 15 is 0 Å². The van der Waals surface area contributed by atoms with E-state index in [2.05, 4.69) is 20.5 Å². The zero-order valence-corrected chi connectivity index (χ0v) is 9.84. The molecule has 5 nitrogen and oxygen atoms in total. The number of anilines is 1. The third-order valence-corrected chi connectivity index (χ3v) is 2.25. The number of pyridine rings is 1. The van der Waals surface area contributed by atoms with Gasteiger partial charge in [0, 0.05) is 13.2 Å². The number of ether oxygens (including phenoxy) is 1. The van der Waals surface area contributed by atoms with Gasteiger partial charge in [0.1, 0.15) is 5.82 Å². The molecule has 2 rings (SSSR count). The van der Waals surface area contributed by atoms with Crippen LogP contribution in [-0.2, 0) is 0 Å². The highest BCUT2D eigenvalue weighted by Gasteiger charge is 2.08. The van der Waals surface area contributed by atoms with Crippen LogP contribution >= 0.6 is 0 Å². The van der Waals surface area contributed by atoms with Crippen LogP contribution in [0, 0.1) is 0 Å². The Hall–Kier alpha value is -2.17. The Labute approximate surface area is 99.9 Å². The number of hydrogen-bond donors (Lipinski definition) is 1. The first-order valence-corrected chi connectivity index (χ1v) is 5.44. The first-order valence-electron chi connectivity index (χ1n) is 5.44. The summed E-state index contributed by atoms with van der Waals surface area (Å²) in [5, 5.41) is 11.1. The van der Waals surface area contributed by atoms with Crippen molar-refractivity contribution in [2.75, 3.05) is 19.0 Å². The lowest BCUT2D eigenvalue weighted by Crippen LogP contribution is -1.99. The molecule has 0 aliphatic heterocycles. The quantitative estimate of drug-likeness (QED) is 0.870. The lowest BCUT2D eigenvalue weighted by atomic mass is 10.2. The van der Waals surface area contributed by atoms with Crippen molar-refractivity contribution in [2.24, 2.45) is 0 Å². The minimum Gasteiger partial charge on any atom is -0.477 e. The van der Waals surface area contributed by atoms with Crippen LogP contribution in [0.3, 0.4) is 0 Å². The van der Waals surface area contributed by atoms with Gasteiger partial charge in [0.2, 0.25) is 5.88 Å². The van der Waals surface area contributed by atoms with Crippen molar-refractivity contribution in [3.05, 3.63) is 30.5 Å². The average molecular weight is 230 g/mol. The Morgan fingerprint density at radius 3 is 2.76 bits per heavy atom. The molecule has 0 aromatic carbocycles. The van der Waals surface area contributed by atoms with E-state index in [1.807, 2.05) is 31.2 Å². The zero-order chi connectivity index (χ0) is 12.1. The Bertz CT molecular complexity index is 484. The minimum atomic E-state index is 0.575. The molecule has 2 heterocycles. The van der Waals surface area contributed by atoms with Gasteiger partial charge in [-0.05, 0) is 31.2 Å². The summed E-state index contributed by atoms with van der Waals surface area (Å²) in [7, 11) is 1.80. The summed E-state index contributed by atoms with van der Waals surface area (Å²) in [6.45, 7) is 2.50. The summed E-state index contributed by atoms with van der Waals surface area (Å²) in [6, 6.07) is 7.52. The highest BCUT2D eigenvalue weighted by atomic mass is 16.5. The molecule has 0 fully saturated rings. The van der Waals surface area contributed by atoms with Crippen molar-refractivity contribution in [3.8, 4) is 17.1 Å². The van der Waals surface area contributed by atoms with E-state index < -0.39 is 0 Å². The molecule has 0 aliphatic rings. The molecule has 0 saturated heterocycles. The van der Waals surface area contributed by atoms with Gasteiger partial charge in [-0.15, -0.1) is 10.2 Å². The largest absolute Gasteiger partial charge is 0.477 e. The van der Waals surface area contributed by atoms with E-state index in [1.165, 1.54) is 0 Å². The molecule has 2 aromatic rings. The lowest BCUT2D eigenvalue weighted by Gasteiger charge is -2.07. The predicted octanol–water partition coefficient (Wildman–Crippen LogP) is 1.98. The number of nitrogens with zero attached hydrogens (tertiary/aromatic N) is 3.